The van der Waals surface area contributed by atoms with Crippen molar-refractivity contribution in [3.8, 4) is 23.2 Å². The zero-order chi connectivity index (χ0) is 41.2. The van der Waals surface area contributed by atoms with Crippen molar-refractivity contribution in [1.29, 1.82) is 0 Å². The molecular weight excluding hydrogens is 743 g/mol. The highest BCUT2D eigenvalue weighted by Gasteiger charge is 2.36. The van der Waals surface area contributed by atoms with E-state index in [1.807, 2.05) is 6.92 Å². The molecule has 4 heterocycles. The molecule has 57 heavy (non-hydrogen) atoms. The molecule has 2 aliphatic rings. The number of anilines is 3. The first-order chi connectivity index (χ1) is 26.9. The number of imide groups is 1. The molecule has 17 heteroatoms. The van der Waals surface area contributed by atoms with E-state index in [1.165, 1.54) is 17.2 Å². The summed E-state index contributed by atoms with van der Waals surface area (Å²) in [5.41, 5.74) is 6.73. The Labute approximate surface area is 327 Å². The van der Waals surface area contributed by atoms with Crippen LogP contribution in [0.3, 0.4) is 0 Å². The number of ether oxygens (including phenoxy) is 1. The van der Waals surface area contributed by atoms with Crippen LogP contribution >= 0.6 is 0 Å². The summed E-state index contributed by atoms with van der Waals surface area (Å²) in [6, 6.07) is 10.0. The Morgan fingerprint density at radius 2 is 1.67 bits per heavy atom. The predicted octanol–water partition coefficient (Wildman–Crippen LogP) is 5.84. The lowest BCUT2D eigenvalue weighted by Gasteiger charge is -2.34. The normalized spacial score (nSPS) is 14.7. The van der Waals surface area contributed by atoms with Crippen LogP contribution in [0, 0.1) is 11.8 Å². The van der Waals surface area contributed by atoms with Gasteiger partial charge in [-0.1, -0.05) is 24.8 Å². The molecule has 6 rings (SSSR count). The van der Waals surface area contributed by atoms with Crippen molar-refractivity contribution in [3.05, 3.63) is 88.2 Å². The lowest BCUT2D eigenvalue weighted by molar-refractivity contribution is -0.137. The molecule has 4 N–H and O–H groups in total. The van der Waals surface area contributed by atoms with Gasteiger partial charge in [0.05, 0.1) is 22.4 Å². The number of carbonyl (C=O) groups is 4. The van der Waals surface area contributed by atoms with Crippen LogP contribution in [0.1, 0.15) is 70.8 Å². The molecule has 0 bridgehead atoms. The van der Waals surface area contributed by atoms with Gasteiger partial charge in [0.1, 0.15) is 11.3 Å². The first-order valence-electron chi connectivity index (χ1n) is 18.2. The van der Waals surface area contributed by atoms with Crippen LogP contribution in [-0.2, 0) is 24.4 Å². The molecule has 0 unspecified atom stereocenters. The summed E-state index contributed by atoms with van der Waals surface area (Å²) in [5.74, 6) is 4.96. The minimum atomic E-state index is -4.76. The summed E-state index contributed by atoms with van der Waals surface area (Å²) in [4.78, 5) is 65.7. The number of benzene rings is 2. The van der Waals surface area contributed by atoms with E-state index in [1.54, 1.807) is 62.7 Å². The first-order valence-corrected chi connectivity index (χ1v) is 18.2. The SMILES string of the molecule is CCN1CCN(C(=O)c2cc(NC(=O)Nc3cccc(C#Cc4cnc(N)nc4-c4cc5c(n4C)CCN(C(=O)OC(C)(C)C)C5=O)c3)cc(C(F)(F)F)c2)CC1. The number of hydrogen-bond acceptors (Lipinski definition) is 9. The van der Waals surface area contributed by atoms with Crippen molar-refractivity contribution >= 4 is 41.3 Å². The van der Waals surface area contributed by atoms with Gasteiger partial charge in [-0.25, -0.2) is 24.5 Å². The van der Waals surface area contributed by atoms with Gasteiger partial charge in [0, 0.05) is 80.6 Å². The van der Waals surface area contributed by atoms with Crippen molar-refractivity contribution in [2.45, 2.75) is 45.9 Å². The second-order valence-corrected chi connectivity index (χ2v) is 14.6. The van der Waals surface area contributed by atoms with Crippen LogP contribution in [0.2, 0.25) is 0 Å². The molecule has 14 nitrogen and oxygen atoms in total. The number of nitrogen functional groups attached to an aromatic ring is 1. The van der Waals surface area contributed by atoms with E-state index in [9.17, 15) is 32.3 Å². The molecule has 0 spiro atoms. The molecule has 1 saturated heterocycles. The molecule has 4 aromatic rings. The molecule has 1 fully saturated rings. The number of nitrogens with two attached hydrogens (primary N) is 1. The average Bonchev–Trinajstić information content (AvgIpc) is 3.49. The van der Waals surface area contributed by atoms with E-state index < -0.39 is 41.3 Å². The van der Waals surface area contributed by atoms with Gasteiger partial charge in [0.25, 0.3) is 11.8 Å². The predicted molar refractivity (Wildman–Crippen MR) is 206 cm³/mol. The monoisotopic (exact) mass is 785 g/mol. The number of carbonyl (C=O) groups excluding carboxylic acids is 4. The van der Waals surface area contributed by atoms with Gasteiger partial charge in [-0.3, -0.25) is 9.59 Å². The van der Waals surface area contributed by atoms with Crippen LogP contribution < -0.4 is 16.4 Å². The van der Waals surface area contributed by atoms with Crippen molar-refractivity contribution in [2.24, 2.45) is 7.05 Å². The second-order valence-electron chi connectivity index (χ2n) is 14.6. The third-order valence-electron chi connectivity index (χ3n) is 9.40. The number of aromatic nitrogens is 3. The van der Waals surface area contributed by atoms with E-state index in [0.717, 1.165) is 23.6 Å². The third-order valence-corrected chi connectivity index (χ3v) is 9.40. The number of fused-ring (bicyclic) bond motifs is 1. The topological polar surface area (TPSA) is 168 Å². The Kier molecular flexibility index (Phi) is 11.3. The number of nitrogens with zero attached hydrogens (tertiary/aromatic N) is 6. The number of hydrogen-bond donors (Lipinski definition) is 3. The number of alkyl halides is 3. The quantitative estimate of drug-likeness (QED) is 0.211. The third kappa shape index (κ3) is 9.35. The van der Waals surface area contributed by atoms with Crippen LogP contribution in [0.25, 0.3) is 11.4 Å². The minimum absolute atomic E-state index is 0.0271. The number of piperazine rings is 1. The fourth-order valence-corrected chi connectivity index (χ4v) is 6.54. The van der Waals surface area contributed by atoms with Crippen molar-refractivity contribution in [3.63, 3.8) is 0 Å². The lowest BCUT2D eigenvalue weighted by Crippen LogP contribution is -2.48. The van der Waals surface area contributed by atoms with Gasteiger partial charge in [-0.15, -0.1) is 0 Å². The van der Waals surface area contributed by atoms with Crippen molar-refractivity contribution < 1.29 is 37.1 Å². The number of halogens is 3. The van der Waals surface area contributed by atoms with Gasteiger partial charge in [-0.05, 0) is 69.8 Å². The molecule has 298 valence electrons. The Hall–Kier alpha value is -6.41. The van der Waals surface area contributed by atoms with Gasteiger partial charge in [-0.2, -0.15) is 13.2 Å². The maximum atomic E-state index is 13.9. The fourth-order valence-electron chi connectivity index (χ4n) is 6.54. The zero-order valence-electron chi connectivity index (χ0n) is 32.1. The maximum Gasteiger partial charge on any atom is 0.417 e. The standard InChI is InChI=1S/C40H42F3N9O5/c1-6-50-14-16-51(17-15-50)34(53)26-19-27(40(41,42)43)21-29(20-26)47-37(55)46-28-9-7-8-24(18-28)10-11-25-23-45-36(44)48-33(25)32-22-30-31(49(32)5)12-13-52(35(30)54)38(56)57-39(2,3)4/h7-9,18-23H,6,12-17H2,1-5H3,(H2,44,45,48)(H2,46,47,55). The smallest absolute Gasteiger partial charge is 0.417 e. The number of amides is 5. The summed E-state index contributed by atoms with van der Waals surface area (Å²) in [6.45, 7) is 10.1. The summed E-state index contributed by atoms with van der Waals surface area (Å²) in [7, 11) is 1.77. The van der Waals surface area contributed by atoms with Crippen LogP contribution in [0.4, 0.5) is 40.1 Å². The molecule has 5 amide bonds. The lowest BCUT2D eigenvalue weighted by atomic mass is 10.1. The Bertz CT molecular complexity index is 2300. The molecule has 2 aromatic carbocycles. The molecule has 2 aromatic heterocycles. The maximum absolute atomic E-state index is 13.9. The molecule has 0 atom stereocenters. The summed E-state index contributed by atoms with van der Waals surface area (Å²) >= 11 is 0. The summed E-state index contributed by atoms with van der Waals surface area (Å²) in [6.07, 6.45) is -3.66. The Balaban J connectivity index is 1.20. The van der Waals surface area contributed by atoms with E-state index in [2.05, 4.69) is 37.3 Å². The van der Waals surface area contributed by atoms with E-state index >= 15 is 0 Å². The fraction of sp³-hybridized carbons (Fsp3) is 0.350. The van der Waals surface area contributed by atoms with Crippen molar-refractivity contribution in [1.82, 2.24) is 29.2 Å². The number of rotatable bonds is 5. The van der Waals surface area contributed by atoms with E-state index in [4.69, 9.17) is 10.5 Å². The molecular formula is C40H42F3N9O5. The van der Waals surface area contributed by atoms with Gasteiger partial charge in [0.2, 0.25) is 5.95 Å². The number of nitrogens with one attached hydrogen (secondary N) is 2. The van der Waals surface area contributed by atoms with Gasteiger partial charge < -0.3 is 35.5 Å². The van der Waals surface area contributed by atoms with Crippen LogP contribution in [-0.4, -0.2) is 98.0 Å². The highest BCUT2D eigenvalue weighted by Crippen LogP contribution is 2.33. The van der Waals surface area contributed by atoms with E-state index in [0.29, 0.717) is 66.4 Å². The number of urea groups is 1. The molecule has 0 saturated carbocycles. The molecule has 0 radical (unpaired) electrons. The zero-order valence-corrected chi connectivity index (χ0v) is 32.1. The largest absolute Gasteiger partial charge is 0.443 e. The van der Waals surface area contributed by atoms with E-state index in [-0.39, 0.29) is 29.4 Å². The molecule has 0 aliphatic carbocycles. The minimum Gasteiger partial charge on any atom is -0.443 e. The Morgan fingerprint density at radius 3 is 2.35 bits per heavy atom. The van der Waals surface area contributed by atoms with Crippen molar-refractivity contribution in [2.75, 3.05) is 55.6 Å². The summed E-state index contributed by atoms with van der Waals surface area (Å²) in [5, 5.41) is 5.03. The summed E-state index contributed by atoms with van der Waals surface area (Å²) < 4.78 is 48.8. The van der Waals surface area contributed by atoms with Crippen LogP contribution in [0.5, 0.6) is 0 Å². The first kappa shape index (κ1) is 40.3. The van der Waals surface area contributed by atoms with Gasteiger partial charge in [0.15, 0.2) is 0 Å². The number of likely N-dealkylation sites (N-methyl/N-ethyl adjacent to an activating group) is 1. The average molecular weight is 786 g/mol. The van der Waals surface area contributed by atoms with Gasteiger partial charge >= 0.3 is 18.3 Å². The molecule has 2 aliphatic heterocycles. The second kappa shape index (κ2) is 16.0. The highest BCUT2D eigenvalue weighted by molar-refractivity contribution is 6.06. The highest BCUT2D eigenvalue weighted by atomic mass is 19.4. The Morgan fingerprint density at radius 1 is 0.947 bits per heavy atom. The van der Waals surface area contributed by atoms with Crippen LogP contribution in [0.15, 0.2) is 54.7 Å².